The highest BCUT2D eigenvalue weighted by Gasteiger charge is 2.21. The molecule has 116 valence electrons. The second kappa shape index (κ2) is 7.11. The fourth-order valence-corrected chi connectivity index (χ4v) is 1.98. The van der Waals surface area contributed by atoms with Crippen LogP contribution in [0.4, 0.5) is 4.79 Å². The molecule has 5 nitrogen and oxygen atoms in total. The van der Waals surface area contributed by atoms with E-state index in [0.29, 0.717) is 0 Å². The Labute approximate surface area is 125 Å². The number of aldehydes is 1. The number of hydrogen-bond donors (Lipinski definition) is 1. The molecule has 0 saturated carbocycles. The summed E-state index contributed by atoms with van der Waals surface area (Å²) in [5.74, 6) is 0.735. The van der Waals surface area contributed by atoms with E-state index in [2.05, 4.69) is 5.32 Å². The number of hydrogen-bond acceptors (Lipinski definition) is 4. The van der Waals surface area contributed by atoms with Crippen LogP contribution < -0.4 is 10.1 Å². The highest BCUT2D eigenvalue weighted by atomic mass is 16.6. The zero-order valence-corrected chi connectivity index (χ0v) is 13.2. The first kappa shape index (κ1) is 17.0. The van der Waals surface area contributed by atoms with E-state index in [1.165, 1.54) is 0 Å². The van der Waals surface area contributed by atoms with E-state index < -0.39 is 17.7 Å². The maximum absolute atomic E-state index is 11.9. The monoisotopic (exact) mass is 293 g/mol. The number of carbonyl (C=O) groups excluding carboxylic acids is 2. The molecule has 1 N–H and O–H groups in total. The lowest BCUT2D eigenvalue weighted by Gasteiger charge is -2.24. The van der Waals surface area contributed by atoms with Gasteiger partial charge in [0.25, 0.3) is 0 Å². The van der Waals surface area contributed by atoms with Gasteiger partial charge in [0.15, 0.2) is 0 Å². The van der Waals surface area contributed by atoms with Crippen LogP contribution in [0.15, 0.2) is 18.2 Å². The number of aryl methyl sites for hydroxylation is 1. The number of alkyl carbamates (subject to hydrolysis) is 1. The summed E-state index contributed by atoms with van der Waals surface area (Å²) in [5, 5.41) is 2.74. The summed E-state index contributed by atoms with van der Waals surface area (Å²) in [5.41, 5.74) is 1.23. The Morgan fingerprint density at radius 3 is 2.52 bits per heavy atom. The van der Waals surface area contributed by atoms with Crippen molar-refractivity contribution in [2.75, 3.05) is 7.11 Å². The molecule has 0 aliphatic rings. The molecule has 21 heavy (non-hydrogen) atoms. The van der Waals surface area contributed by atoms with Crippen molar-refractivity contribution < 1.29 is 19.1 Å². The van der Waals surface area contributed by atoms with Crippen LogP contribution in [0.25, 0.3) is 0 Å². The van der Waals surface area contributed by atoms with Crippen molar-refractivity contribution in [3.05, 3.63) is 29.3 Å². The number of carbonyl (C=O) groups is 2. The Kier molecular flexibility index (Phi) is 5.76. The number of methoxy groups -OCH3 is 1. The van der Waals surface area contributed by atoms with Crippen molar-refractivity contribution >= 4 is 12.4 Å². The number of amides is 1. The van der Waals surface area contributed by atoms with Crippen LogP contribution >= 0.6 is 0 Å². The normalized spacial score (nSPS) is 12.4. The second-order valence-corrected chi connectivity index (χ2v) is 5.82. The average molecular weight is 293 g/mol. The van der Waals surface area contributed by atoms with Crippen LogP contribution in [-0.2, 0) is 9.53 Å². The third-order valence-electron chi connectivity index (χ3n) is 2.88. The lowest BCUT2D eigenvalue weighted by Crippen LogP contribution is -2.35. The third kappa shape index (κ3) is 5.45. The van der Waals surface area contributed by atoms with E-state index in [-0.39, 0.29) is 6.42 Å². The Balaban J connectivity index is 2.91. The smallest absolute Gasteiger partial charge is 0.408 e. The van der Waals surface area contributed by atoms with Gasteiger partial charge in [0.1, 0.15) is 17.6 Å². The summed E-state index contributed by atoms with van der Waals surface area (Å²) in [7, 11) is 1.59. The molecular formula is C16H23NO4. The zero-order valence-electron chi connectivity index (χ0n) is 13.2. The van der Waals surface area contributed by atoms with Gasteiger partial charge in [0, 0.05) is 6.42 Å². The topological polar surface area (TPSA) is 64.6 Å². The third-order valence-corrected chi connectivity index (χ3v) is 2.88. The number of rotatable bonds is 5. The van der Waals surface area contributed by atoms with Crippen molar-refractivity contribution in [1.29, 1.82) is 0 Å². The van der Waals surface area contributed by atoms with Gasteiger partial charge in [-0.25, -0.2) is 4.79 Å². The van der Waals surface area contributed by atoms with E-state index in [4.69, 9.17) is 9.47 Å². The summed E-state index contributed by atoms with van der Waals surface area (Å²) in [6, 6.07) is 5.10. The van der Waals surface area contributed by atoms with Crippen molar-refractivity contribution in [1.82, 2.24) is 5.32 Å². The minimum atomic E-state index is -0.579. The van der Waals surface area contributed by atoms with Gasteiger partial charge in [-0.2, -0.15) is 0 Å². The highest BCUT2D eigenvalue weighted by molar-refractivity contribution is 5.69. The lowest BCUT2D eigenvalue weighted by molar-refractivity contribution is -0.108. The van der Waals surface area contributed by atoms with E-state index in [9.17, 15) is 9.59 Å². The first-order chi connectivity index (χ1) is 9.76. The van der Waals surface area contributed by atoms with E-state index in [1.54, 1.807) is 33.9 Å². The first-order valence-corrected chi connectivity index (χ1v) is 6.84. The predicted octanol–water partition coefficient (Wildman–Crippen LogP) is 3.16. The average Bonchev–Trinajstić information content (AvgIpc) is 2.35. The van der Waals surface area contributed by atoms with Gasteiger partial charge in [-0.05, 0) is 51.0 Å². The molecule has 0 fully saturated rings. The predicted molar refractivity (Wildman–Crippen MR) is 80.5 cm³/mol. The van der Waals surface area contributed by atoms with Gasteiger partial charge >= 0.3 is 6.09 Å². The molecule has 1 atom stereocenters. The summed E-state index contributed by atoms with van der Waals surface area (Å²) >= 11 is 0. The molecule has 1 amide bonds. The quantitative estimate of drug-likeness (QED) is 0.847. The van der Waals surface area contributed by atoms with Crippen LogP contribution in [0.5, 0.6) is 5.75 Å². The van der Waals surface area contributed by atoms with E-state index in [0.717, 1.165) is 23.2 Å². The summed E-state index contributed by atoms with van der Waals surface area (Å²) in [6.07, 6.45) is 0.433. The maximum atomic E-state index is 11.9. The molecule has 0 heterocycles. The van der Waals surface area contributed by atoms with Crippen molar-refractivity contribution in [2.45, 2.75) is 45.8 Å². The molecule has 0 aromatic heterocycles. The number of ether oxygens (including phenoxy) is 2. The van der Waals surface area contributed by atoms with Gasteiger partial charge in [0.05, 0.1) is 13.2 Å². The fourth-order valence-electron chi connectivity index (χ4n) is 1.98. The Hall–Kier alpha value is -2.04. The molecule has 0 aliphatic heterocycles. The summed E-state index contributed by atoms with van der Waals surface area (Å²) in [4.78, 5) is 22.8. The zero-order chi connectivity index (χ0) is 16.0. The molecule has 1 aromatic carbocycles. The fraction of sp³-hybridized carbons (Fsp3) is 0.500. The molecule has 0 spiro atoms. The van der Waals surface area contributed by atoms with Crippen LogP contribution in [0.3, 0.4) is 0 Å². The lowest BCUT2D eigenvalue weighted by atomic mass is 9.99. The molecule has 1 rings (SSSR count). The molecule has 0 aliphatic carbocycles. The van der Waals surface area contributed by atoms with Gasteiger partial charge in [-0.3, -0.25) is 0 Å². The van der Waals surface area contributed by atoms with Crippen molar-refractivity contribution in [2.24, 2.45) is 0 Å². The summed E-state index contributed by atoms with van der Waals surface area (Å²) < 4.78 is 10.4. The standard InChI is InChI=1S/C16H23NO4/c1-11-10-12(20-5)6-7-13(11)14(8-9-18)17-15(19)21-16(2,3)4/h6-7,9-10,14H,8H2,1-5H3,(H,17,19)/t14-/m1/s1. The van der Waals surface area contributed by atoms with Crippen molar-refractivity contribution in [3.63, 3.8) is 0 Å². The Bertz CT molecular complexity index is 505. The van der Waals surface area contributed by atoms with Gasteiger partial charge in [0.2, 0.25) is 0 Å². The van der Waals surface area contributed by atoms with Crippen molar-refractivity contribution in [3.8, 4) is 5.75 Å². The largest absolute Gasteiger partial charge is 0.497 e. The molecule has 0 radical (unpaired) electrons. The van der Waals surface area contributed by atoms with Crippen LogP contribution in [0.2, 0.25) is 0 Å². The Morgan fingerprint density at radius 1 is 1.38 bits per heavy atom. The van der Waals surface area contributed by atoms with Crippen LogP contribution in [0.1, 0.15) is 44.4 Å². The number of benzene rings is 1. The van der Waals surface area contributed by atoms with Crippen LogP contribution in [-0.4, -0.2) is 25.1 Å². The maximum Gasteiger partial charge on any atom is 0.408 e. The SMILES string of the molecule is COc1ccc([C@@H](CC=O)NC(=O)OC(C)(C)C)c(C)c1. The molecule has 0 bridgehead atoms. The van der Waals surface area contributed by atoms with Gasteiger partial charge in [-0.1, -0.05) is 6.07 Å². The number of nitrogens with one attached hydrogen (secondary N) is 1. The second-order valence-electron chi connectivity index (χ2n) is 5.82. The highest BCUT2D eigenvalue weighted by Crippen LogP contribution is 2.24. The van der Waals surface area contributed by atoms with E-state index >= 15 is 0 Å². The molecule has 0 saturated heterocycles. The first-order valence-electron chi connectivity index (χ1n) is 6.84. The minimum Gasteiger partial charge on any atom is -0.497 e. The Morgan fingerprint density at radius 2 is 2.05 bits per heavy atom. The molecule has 0 unspecified atom stereocenters. The van der Waals surface area contributed by atoms with Gasteiger partial charge < -0.3 is 19.6 Å². The molecule has 1 aromatic rings. The minimum absolute atomic E-state index is 0.187. The van der Waals surface area contributed by atoms with Gasteiger partial charge in [-0.15, -0.1) is 0 Å². The van der Waals surface area contributed by atoms with E-state index in [1.807, 2.05) is 19.1 Å². The molecule has 5 heteroatoms. The molecular weight excluding hydrogens is 270 g/mol. The summed E-state index contributed by atoms with van der Waals surface area (Å²) in [6.45, 7) is 7.28. The van der Waals surface area contributed by atoms with Crippen LogP contribution in [0, 0.1) is 6.92 Å².